The van der Waals surface area contributed by atoms with Crippen molar-refractivity contribution in [3.05, 3.63) is 46.9 Å². The second-order valence-corrected chi connectivity index (χ2v) is 8.50. The number of benzene rings is 1. The number of halogens is 1. The Balaban J connectivity index is 1.35. The number of urea groups is 1. The van der Waals surface area contributed by atoms with Crippen molar-refractivity contribution in [2.24, 2.45) is 0 Å². The molecule has 2 fully saturated rings. The van der Waals surface area contributed by atoms with Gasteiger partial charge >= 0.3 is 6.03 Å². The van der Waals surface area contributed by atoms with Crippen LogP contribution in [-0.2, 0) is 4.74 Å². The third-order valence-corrected chi connectivity index (χ3v) is 6.50. The summed E-state index contributed by atoms with van der Waals surface area (Å²) in [4.78, 5) is 16.5. The van der Waals surface area contributed by atoms with E-state index in [1.165, 1.54) is 23.5 Å². The summed E-state index contributed by atoms with van der Waals surface area (Å²) in [5.74, 6) is -0.262. The van der Waals surface area contributed by atoms with Crippen LogP contribution in [0.15, 0.2) is 41.1 Å². The van der Waals surface area contributed by atoms with Crippen LogP contribution in [0, 0.1) is 5.82 Å². The van der Waals surface area contributed by atoms with Crippen molar-refractivity contribution in [3.63, 3.8) is 0 Å². The number of amides is 2. The Kier molecular flexibility index (Phi) is 7.03. The maximum Gasteiger partial charge on any atom is 0.319 e. The van der Waals surface area contributed by atoms with E-state index in [4.69, 9.17) is 4.74 Å². The van der Waals surface area contributed by atoms with Crippen molar-refractivity contribution in [2.75, 3.05) is 49.5 Å². The quantitative estimate of drug-likeness (QED) is 0.530. The molecule has 2 aromatic rings. The molecule has 2 saturated heterocycles. The van der Waals surface area contributed by atoms with Crippen molar-refractivity contribution in [2.45, 2.75) is 24.4 Å². The van der Waals surface area contributed by atoms with Crippen LogP contribution in [-0.4, -0.2) is 84.8 Å². The molecule has 2 aliphatic rings. The van der Waals surface area contributed by atoms with Crippen LogP contribution in [0.1, 0.15) is 0 Å². The van der Waals surface area contributed by atoms with Gasteiger partial charge in [-0.1, -0.05) is 0 Å². The number of aliphatic hydroxyl groups is 2. The molecule has 1 aromatic heterocycles. The van der Waals surface area contributed by atoms with Gasteiger partial charge in [0.2, 0.25) is 0 Å². The maximum atomic E-state index is 13.2. The molecule has 10 heteroatoms. The number of thiophene rings is 1. The lowest BCUT2D eigenvalue weighted by Crippen LogP contribution is -2.57. The third-order valence-electron chi connectivity index (χ3n) is 5.81. The molecular formula is C21H27FN4O4S. The summed E-state index contributed by atoms with van der Waals surface area (Å²) in [7, 11) is 0. The largest absolute Gasteiger partial charge is 0.394 e. The van der Waals surface area contributed by atoms with Crippen molar-refractivity contribution in [3.8, 4) is 0 Å². The van der Waals surface area contributed by atoms with Gasteiger partial charge in [0.25, 0.3) is 0 Å². The highest BCUT2D eigenvalue weighted by molar-refractivity contribution is 7.08. The third kappa shape index (κ3) is 5.16. The highest BCUT2D eigenvalue weighted by Gasteiger charge is 2.46. The fourth-order valence-corrected chi connectivity index (χ4v) is 4.82. The lowest BCUT2D eigenvalue weighted by molar-refractivity contribution is -0.0205. The molecule has 0 saturated carbocycles. The summed E-state index contributed by atoms with van der Waals surface area (Å²) in [6.07, 6.45) is -1.99. The molecule has 31 heavy (non-hydrogen) atoms. The first-order valence-corrected chi connectivity index (χ1v) is 11.3. The summed E-state index contributed by atoms with van der Waals surface area (Å²) in [6.45, 7) is 2.72. The minimum Gasteiger partial charge on any atom is -0.394 e. The van der Waals surface area contributed by atoms with Gasteiger partial charge in [-0.2, -0.15) is 11.3 Å². The lowest BCUT2D eigenvalue weighted by Gasteiger charge is -2.41. The molecule has 2 aliphatic heterocycles. The predicted octanol–water partition coefficient (Wildman–Crippen LogP) is 1.32. The second kappa shape index (κ2) is 9.92. The van der Waals surface area contributed by atoms with Crippen LogP contribution in [0.25, 0.3) is 0 Å². The summed E-state index contributed by atoms with van der Waals surface area (Å²) >= 11 is 1.49. The Bertz CT molecular complexity index is 846. The van der Waals surface area contributed by atoms with E-state index in [9.17, 15) is 19.4 Å². The molecule has 1 aromatic carbocycles. The molecular weight excluding hydrogens is 423 g/mol. The average Bonchev–Trinajstić information content (AvgIpc) is 3.40. The number of carbonyl (C=O) groups excluding carboxylic acids is 1. The van der Waals surface area contributed by atoms with Gasteiger partial charge in [0.05, 0.1) is 24.4 Å². The fraction of sp³-hybridized carbons (Fsp3) is 0.476. The molecule has 0 bridgehead atoms. The molecule has 4 rings (SSSR count). The van der Waals surface area contributed by atoms with Gasteiger partial charge in [-0.15, -0.1) is 0 Å². The first-order chi connectivity index (χ1) is 15.0. The van der Waals surface area contributed by atoms with Crippen LogP contribution >= 0.6 is 11.3 Å². The Morgan fingerprint density at radius 2 is 1.90 bits per heavy atom. The lowest BCUT2D eigenvalue weighted by atomic mass is 10.0. The Morgan fingerprint density at radius 1 is 1.16 bits per heavy atom. The van der Waals surface area contributed by atoms with Gasteiger partial charge in [-0.25, -0.2) is 9.18 Å². The number of nitrogens with one attached hydrogen (secondary N) is 2. The second-order valence-electron chi connectivity index (χ2n) is 7.72. The number of ether oxygens (including phenoxy) is 1. The monoisotopic (exact) mass is 450 g/mol. The number of anilines is 2. The predicted molar refractivity (Wildman–Crippen MR) is 117 cm³/mol. The molecule has 0 spiro atoms. The normalized spacial score (nSPS) is 26.7. The number of hydrogen-bond donors (Lipinski definition) is 4. The van der Waals surface area contributed by atoms with Gasteiger partial charge in [-0.3, -0.25) is 4.90 Å². The summed E-state index contributed by atoms with van der Waals surface area (Å²) in [5.41, 5.74) is 1.68. The Labute approximate surface area is 184 Å². The van der Waals surface area contributed by atoms with Crippen LogP contribution < -0.4 is 15.5 Å². The maximum absolute atomic E-state index is 13.2. The fourth-order valence-electron chi connectivity index (χ4n) is 4.23. The minimum atomic E-state index is -0.853. The molecule has 0 radical (unpaired) electrons. The number of rotatable bonds is 6. The highest BCUT2D eigenvalue weighted by atomic mass is 32.1. The number of nitrogens with zero attached hydrogens (tertiary/aromatic N) is 2. The summed E-state index contributed by atoms with van der Waals surface area (Å²) < 4.78 is 19.1. The van der Waals surface area contributed by atoms with Gasteiger partial charge in [0.1, 0.15) is 18.0 Å². The molecule has 3 heterocycles. The standard InChI is InChI=1S/C21H27FN4O4S/c22-14-1-3-16(4-2-14)25-6-8-26(9-7-25)19-17(30-18(12-27)20(19)28)11-23-21(29)24-15-5-10-31-13-15/h1-5,10,13,17-20,27-28H,6-9,11-12H2,(H2,23,24,29). The Morgan fingerprint density at radius 3 is 2.55 bits per heavy atom. The number of piperazine rings is 1. The van der Waals surface area contributed by atoms with E-state index in [0.717, 1.165) is 24.5 Å². The molecule has 2 amide bonds. The van der Waals surface area contributed by atoms with E-state index in [1.54, 1.807) is 12.1 Å². The first-order valence-electron chi connectivity index (χ1n) is 10.3. The van der Waals surface area contributed by atoms with Crippen LogP contribution in [0.2, 0.25) is 0 Å². The number of aliphatic hydroxyl groups excluding tert-OH is 2. The van der Waals surface area contributed by atoms with E-state index in [1.807, 2.05) is 16.8 Å². The van der Waals surface area contributed by atoms with Gasteiger partial charge < -0.3 is 30.5 Å². The van der Waals surface area contributed by atoms with Crippen LogP contribution in [0.5, 0.6) is 0 Å². The van der Waals surface area contributed by atoms with E-state index >= 15 is 0 Å². The Hall–Kier alpha value is -2.24. The molecule has 168 valence electrons. The van der Waals surface area contributed by atoms with Crippen molar-refractivity contribution >= 4 is 28.7 Å². The van der Waals surface area contributed by atoms with Gasteiger partial charge in [0, 0.05) is 43.8 Å². The number of hydrogen-bond acceptors (Lipinski definition) is 7. The SMILES string of the molecule is O=C(NCC1OC(CO)C(O)C1N1CCN(c2ccc(F)cc2)CC1)Nc1ccsc1. The summed E-state index contributed by atoms with van der Waals surface area (Å²) in [5, 5.41) is 29.6. The topological polar surface area (TPSA) is 97.3 Å². The van der Waals surface area contributed by atoms with E-state index in [-0.39, 0.29) is 31.0 Å². The van der Waals surface area contributed by atoms with Crippen molar-refractivity contribution < 1.29 is 24.1 Å². The minimum absolute atomic E-state index is 0.215. The zero-order valence-corrected chi connectivity index (χ0v) is 17.8. The first kappa shape index (κ1) is 22.0. The molecule has 0 aliphatic carbocycles. The zero-order valence-electron chi connectivity index (χ0n) is 17.0. The molecule has 4 unspecified atom stereocenters. The summed E-state index contributed by atoms with van der Waals surface area (Å²) in [6, 6.07) is 7.55. The zero-order chi connectivity index (χ0) is 21.8. The molecule has 4 N–H and O–H groups in total. The smallest absolute Gasteiger partial charge is 0.319 e. The van der Waals surface area contributed by atoms with Crippen molar-refractivity contribution in [1.82, 2.24) is 10.2 Å². The van der Waals surface area contributed by atoms with Gasteiger partial charge in [-0.05, 0) is 35.7 Å². The molecule has 4 atom stereocenters. The average molecular weight is 451 g/mol. The van der Waals surface area contributed by atoms with E-state index in [2.05, 4.69) is 20.4 Å². The van der Waals surface area contributed by atoms with E-state index in [0.29, 0.717) is 13.1 Å². The van der Waals surface area contributed by atoms with Crippen LogP contribution in [0.3, 0.4) is 0 Å². The van der Waals surface area contributed by atoms with Crippen LogP contribution in [0.4, 0.5) is 20.6 Å². The van der Waals surface area contributed by atoms with Crippen molar-refractivity contribution in [1.29, 1.82) is 0 Å². The van der Waals surface area contributed by atoms with E-state index < -0.39 is 18.3 Å². The highest BCUT2D eigenvalue weighted by Crippen LogP contribution is 2.27. The van der Waals surface area contributed by atoms with Gasteiger partial charge in [0.15, 0.2) is 0 Å². The number of carbonyl (C=O) groups is 1. The molecule has 8 nitrogen and oxygen atoms in total.